The highest BCUT2D eigenvalue weighted by molar-refractivity contribution is 6.55. The van der Waals surface area contributed by atoms with Crippen LogP contribution in [0, 0.1) is 0 Å². The topological polar surface area (TPSA) is 29.5 Å². The van der Waals surface area contributed by atoms with Gasteiger partial charge in [0.2, 0.25) is 0 Å². The molecule has 0 saturated heterocycles. The smallest absolute Gasteiger partial charge is 0.401 e. The number of benzene rings is 1. The number of ether oxygens (including phenoxy) is 1. The Hall–Kier alpha value is -1.55. The van der Waals surface area contributed by atoms with Gasteiger partial charge >= 0.3 is 6.09 Å². The van der Waals surface area contributed by atoms with Crippen molar-refractivity contribution in [3.8, 4) is 0 Å². The largest absolute Gasteiger partial charge is 0.444 e. The fourth-order valence-electron chi connectivity index (χ4n) is 2.14. The van der Waals surface area contributed by atoms with E-state index in [-0.39, 0.29) is 6.09 Å². The Labute approximate surface area is 136 Å². The molecule has 0 heterocycles. The second kappa shape index (κ2) is 8.18. The number of hydrogen-bond donors (Lipinski definition) is 0. The molecule has 0 aliphatic carbocycles. The number of rotatable bonds is 6. The standard InChI is InChI=1S/C18H29NO2Si/c1-7-8-15-9-11-16(12-10-15)13-14-19(22(5)6)17(20)21-18(2,3)4/h7,9-12,22H,1,8,13-14H2,2-6H3. The van der Waals surface area contributed by atoms with Crippen molar-refractivity contribution in [2.45, 2.75) is 52.3 Å². The van der Waals surface area contributed by atoms with E-state index in [0.717, 1.165) is 19.4 Å². The molecule has 0 saturated carbocycles. The predicted octanol–water partition coefficient (Wildman–Crippen LogP) is 4.18. The zero-order chi connectivity index (χ0) is 16.8. The minimum absolute atomic E-state index is 0.183. The lowest BCUT2D eigenvalue weighted by atomic mass is 10.1. The second-order valence-electron chi connectivity index (χ2n) is 6.83. The third-order valence-electron chi connectivity index (χ3n) is 3.30. The Morgan fingerprint density at radius 1 is 1.23 bits per heavy atom. The van der Waals surface area contributed by atoms with E-state index in [0.29, 0.717) is 0 Å². The first-order chi connectivity index (χ1) is 10.2. The van der Waals surface area contributed by atoms with Crippen molar-refractivity contribution in [2.75, 3.05) is 6.54 Å². The quantitative estimate of drug-likeness (QED) is 0.581. The van der Waals surface area contributed by atoms with Gasteiger partial charge in [0.25, 0.3) is 0 Å². The highest BCUT2D eigenvalue weighted by atomic mass is 28.3. The van der Waals surface area contributed by atoms with E-state index < -0.39 is 14.6 Å². The van der Waals surface area contributed by atoms with Crippen LogP contribution in [0.15, 0.2) is 36.9 Å². The Balaban J connectivity index is 2.64. The SMILES string of the molecule is C=CCc1ccc(CCN(C(=O)OC(C)(C)C)[SiH](C)C)cc1. The van der Waals surface area contributed by atoms with E-state index in [9.17, 15) is 4.79 Å². The number of hydrogen-bond acceptors (Lipinski definition) is 2. The molecule has 1 rings (SSSR count). The van der Waals surface area contributed by atoms with Crippen LogP contribution in [0.3, 0.4) is 0 Å². The van der Waals surface area contributed by atoms with Crippen LogP contribution in [0.2, 0.25) is 13.1 Å². The Bertz CT molecular complexity index is 489. The molecule has 3 nitrogen and oxygen atoms in total. The molecule has 0 unspecified atom stereocenters. The van der Waals surface area contributed by atoms with E-state index in [4.69, 9.17) is 4.74 Å². The van der Waals surface area contributed by atoms with Gasteiger partial charge in [0.15, 0.2) is 0 Å². The molecule has 0 radical (unpaired) electrons. The summed E-state index contributed by atoms with van der Waals surface area (Å²) in [5.74, 6) is 0. The molecule has 22 heavy (non-hydrogen) atoms. The van der Waals surface area contributed by atoms with Crippen LogP contribution in [-0.2, 0) is 17.6 Å². The molecule has 0 spiro atoms. The molecule has 1 aromatic carbocycles. The summed E-state index contributed by atoms with van der Waals surface area (Å²) in [6.07, 6.45) is 3.48. The van der Waals surface area contributed by atoms with Gasteiger partial charge in [-0.2, -0.15) is 0 Å². The van der Waals surface area contributed by atoms with Crippen LogP contribution < -0.4 is 0 Å². The summed E-state index contributed by atoms with van der Waals surface area (Å²) < 4.78 is 7.43. The minimum Gasteiger partial charge on any atom is -0.444 e. The molecule has 122 valence electrons. The van der Waals surface area contributed by atoms with Gasteiger partial charge in [0.05, 0.1) is 0 Å². The normalized spacial score (nSPS) is 11.4. The zero-order valence-corrected chi connectivity index (χ0v) is 15.7. The molecule has 0 aliphatic rings. The van der Waals surface area contributed by atoms with Gasteiger partial charge in [-0.3, -0.25) is 0 Å². The summed E-state index contributed by atoms with van der Waals surface area (Å²) >= 11 is 0. The maximum absolute atomic E-state index is 12.3. The molecule has 0 N–H and O–H groups in total. The van der Waals surface area contributed by atoms with Gasteiger partial charge in [-0.05, 0) is 44.7 Å². The van der Waals surface area contributed by atoms with Crippen molar-refractivity contribution < 1.29 is 9.53 Å². The first-order valence-electron chi connectivity index (χ1n) is 7.91. The van der Waals surface area contributed by atoms with Crippen molar-refractivity contribution in [3.05, 3.63) is 48.0 Å². The molecule has 1 amide bonds. The van der Waals surface area contributed by atoms with E-state index in [1.165, 1.54) is 11.1 Å². The van der Waals surface area contributed by atoms with Gasteiger partial charge in [-0.25, -0.2) is 4.79 Å². The van der Waals surface area contributed by atoms with Crippen molar-refractivity contribution in [1.82, 2.24) is 4.57 Å². The highest BCUT2D eigenvalue weighted by Crippen LogP contribution is 2.13. The monoisotopic (exact) mass is 319 g/mol. The van der Waals surface area contributed by atoms with Crippen molar-refractivity contribution in [1.29, 1.82) is 0 Å². The lowest BCUT2D eigenvalue weighted by molar-refractivity contribution is 0.0383. The van der Waals surface area contributed by atoms with Crippen LogP contribution in [0.4, 0.5) is 4.79 Å². The van der Waals surface area contributed by atoms with E-state index in [2.05, 4.69) is 43.9 Å². The van der Waals surface area contributed by atoms with Gasteiger partial charge < -0.3 is 9.30 Å². The molecule has 0 fully saturated rings. The Kier molecular flexibility index (Phi) is 6.88. The van der Waals surface area contributed by atoms with Crippen LogP contribution in [-0.4, -0.2) is 31.8 Å². The summed E-state index contributed by atoms with van der Waals surface area (Å²) in [5, 5.41) is 0. The van der Waals surface area contributed by atoms with E-state index in [1.54, 1.807) is 0 Å². The minimum atomic E-state index is -1.25. The first kappa shape index (κ1) is 18.5. The number of nitrogens with zero attached hydrogens (tertiary/aromatic N) is 1. The molecule has 4 heteroatoms. The van der Waals surface area contributed by atoms with E-state index in [1.807, 2.05) is 31.4 Å². The fourth-order valence-corrected chi connectivity index (χ4v) is 3.26. The average molecular weight is 320 g/mol. The van der Waals surface area contributed by atoms with Crippen molar-refractivity contribution >= 4 is 15.1 Å². The van der Waals surface area contributed by atoms with Crippen LogP contribution >= 0.6 is 0 Å². The molecule has 0 aromatic heterocycles. The predicted molar refractivity (Wildman–Crippen MR) is 95.9 cm³/mol. The molecule has 0 bridgehead atoms. The number of allylic oxidation sites excluding steroid dienone is 1. The van der Waals surface area contributed by atoms with Crippen molar-refractivity contribution in [3.63, 3.8) is 0 Å². The summed E-state index contributed by atoms with van der Waals surface area (Å²) in [5.41, 5.74) is 2.07. The molecule has 0 atom stereocenters. The van der Waals surface area contributed by atoms with Gasteiger partial charge in [-0.1, -0.05) is 43.4 Å². The van der Waals surface area contributed by atoms with Crippen LogP contribution in [0.5, 0.6) is 0 Å². The number of carbonyl (C=O) groups is 1. The Morgan fingerprint density at radius 3 is 2.23 bits per heavy atom. The molecule has 0 aliphatic heterocycles. The number of amides is 1. The maximum atomic E-state index is 12.3. The molecule has 1 aromatic rings. The molecular formula is C18H29NO2Si. The van der Waals surface area contributed by atoms with Gasteiger partial charge in [-0.15, -0.1) is 6.58 Å². The lowest BCUT2D eigenvalue weighted by Gasteiger charge is -2.30. The average Bonchev–Trinajstić information content (AvgIpc) is 2.38. The van der Waals surface area contributed by atoms with Crippen molar-refractivity contribution in [2.24, 2.45) is 0 Å². The van der Waals surface area contributed by atoms with Gasteiger partial charge in [0, 0.05) is 6.54 Å². The lowest BCUT2D eigenvalue weighted by Crippen LogP contribution is -2.44. The van der Waals surface area contributed by atoms with E-state index >= 15 is 0 Å². The van der Waals surface area contributed by atoms with Crippen LogP contribution in [0.1, 0.15) is 31.9 Å². The summed E-state index contributed by atoms with van der Waals surface area (Å²) in [6, 6.07) is 8.52. The third kappa shape index (κ3) is 6.48. The summed E-state index contributed by atoms with van der Waals surface area (Å²) in [6.45, 7) is 14.5. The Morgan fingerprint density at radius 2 is 1.77 bits per heavy atom. The first-order valence-corrected chi connectivity index (χ1v) is 10.7. The number of carbonyl (C=O) groups excluding carboxylic acids is 1. The van der Waals surface area contributed by atoms with Crippen LogP contribution in [0.25, 0.3) is 0 Å². The van der Waals surface area contributed by atoms with Gasteiger partial charge in [0.1, 0.15) is 14.6 Å². The fraction of sp³-hybridized carbons (Fsp3) is 0.500. The third-order valence-corrected chi connectivity index (χ3v) is 5.01. The zero-order valence-electron chi connectivity index (χ0n) is 14.6. The molecular weight excluding hydrogens is 290 g/mol. The summed E-state index contributed by atoms with van der Waals surface area (Å²) in [7, 11) is -1.25. The second-order valence-corrected chi connectivity index (χ2v) is 9.64. The highest BCUT2D eigenvalue weighted by Gasteiger charge is 2.24. The summed E-state index contributed by atoms with van der Waals surface area (Å²) in [4.78, 5) is 12.3. The maximum Gasteiger partial charge on any atom is 0.401 e.